The van der Waals surface area contributed by atoms with E-state index in [1.54, 1.807) is 4.90 Å². The van der Waals surface area contributed by atoms with Crippen molar-refractivity contribution in [3.05, 3.63) is 65.5 Å². The average molecular weight is 395 g/mol. The van der Waals surface area contributed by atoms with Crippen LogP contribution in [0.2, 0.25) is 0 Å². The lowest BCUT2D eigenvalue weighted by molar-refractivity contribution is -0.137. The zero-order valence-corrected chi connectivity index (χ0v) is 14.3. The third-order valence-electron chi connectivity index (χ3n) is 4.81. The van der Waals surface area contributed by atoms with Crippen molar-refractivity contribution in [3.63, 3.8) is 0 Å². The first kappa shape index (κ1) is 18.5. The minimum Gasteiger partial charge on any atom is -0.391 e. The molecule has 1 fully saturated rings. The van der Waals surface area contributed by atoms with Gasteiger partial charge in [0.05, 0.1) is 23.2 Å². The van der Waals surface area contributed by atoms with Gasteiger partial charge in [-0.2, -0.15) is 13.2 Å². The number of β-amino-alcohol motifs (C(OH)–C–C–N with tert-alkyl or cyclic N) is 1. The van der Waals surface area contributed by atoms with Gasteiger partial charge in [-0.1, -0.05) is 12.1 Å². The summed E-state index contributed by atoms with van der Waals surface area (Å²) in [5, 5.41) is 10.4. The first-order valence-corrected chi connectivity index (χ1v) is 8.45. The van der Waals surface area contributed by atoms with Crippen molar-refractivity contribution in [2.75, 3.05) is 11.4 Å². The highest BCUT2D eigenvalue weighted by atomic mass is 19.4. The molecule has 0 bridgehead atoms. The second-order valence-corrected chi connectivity index (χ2v) is 6.66. The van der Waals surface area contributed by atoms with E-state index < -0.39 is 35.5 Å². The summed E-state index contributed by atoms with van der Waals surface area (Å²) in [6.07, 6.45) is -3.96. The van der Waals surface area contributed by atoms with Crippen LogP contribution in [-0.2, 0) is 6.18 Å². The number of nitrogens with zero attached hydrogens (tertiary/aromatic N) is 3. The highest BCUT2D eigenvalue weighted by Crippen LogP contribution is 2.40. The fraction of sp³-hybridized carbons (Fsp3) is 0.263. The predicted octanol–water partition coefficient (Wildman–Crippen LogP) is 4.24. The van der Waals surface area contributed by atoms with E-state index in [-0.39, 0.29) is 29.7 Å². The molecule has 0 saturated carbocycles. The van der Waals surface area contributed by atoms with Crippen LogP contribution in [0.5, 0.6) is 0 Å². The summed E-state index contributed by atoms with van der Waals surface area (Å²) in [5.41, 5.74) is -0.291. The Morgan fingerprint density at radius 1 is 1.04 bits per heavy atom. The number of aliphatic hydroxyl groups excluding tert-OH is 1. The first-order chi connectivity index (χ1) is 13.2. The Morgan fingerprint density at radius 2 is 1.79 bits per heavy atom. The summed E-state index contributed by atoms with van der Waals surface area (Å²) in [7, 11) is 0. The third kappa shape index (κ3) is 3.26. The number of rotatable bonds is 2. The molecular weight excluding hydrogens is 381 g/mol. The number of hydrogen-bond donors (Lipinski definition) is 1. The van der Waals surface area contributed by atoms with E-state index in [2.05, 4.69) is 9.97 Å². The summed E-state index contributed by atoms with van der Waals surface area (Å²) >= 11 is 0. The molecule has 0 amide bonds. The lowest BCUT2D eigenvalue weighted by Gasteiger charge is -2.27. The van der Waals surface area contributed by atoms with Crippen LogP contribution in [0, 0.1) is 11.6 Å². The van der Waals surface area contributed by atoms with Crippen LogP contribution < -0.4 is 4.90 Å². The zero-order valence-electron chi connectivity index (χ0n) is 14.3. The number of anilines is 1. The summed E-state index contributed by atoms with van der Waals surface area (Å²) in [6.45, 7) is 0.0893. The van der Waals surface area contributed by atoms with Crippen molar-refractivity contribution >= 4 is 16.7 Å². The molecule has 9 heteroatoms. The van der Waals surface area contributed by atoms with Crippen molar-refractivity contribution < 1.29 is 27.1 Å². The molecule has 4 rings (SSSR count). The quantitative estimate of drug-likeness (QED) is 0.660. The van der Waals surface area contributed by atoms with Crippen LogP contribution >= 0.6 is 0 Å². The smallest absolute Gasteiger partial charge is 0.391 e. The van der Waals surface area contributed by atoms with Crippen LogP contribution in [0.25, 0.3) is 10.9 Å². The first-order valence-electron chi connectivity index (χ1n) is 8.45. The van der Waals surface area contributed by atoms with Crippen LogP contribution in [0.1, 0.15) is 23.6 Å². The summed E-state index contributed by atoms with van der Waals surface area (Å²) < 4.78 is 66.5. The van der Waals surface area contributed by atoms with Gasteiger partial charge in [0.2, 0.25) is 0 Å². The summed E-state index contributed by atoms with van der Waals surface area (Å²) in [5.74, 6) is -1.92. The lowest BCUT2D eigenvalue weighted by atomic mass is 10.0. The van der Waals surface area contributed by atoms with Gasteiger partial charge in [0, 0.05) is 18.0 Å². The number of benzene rings is 2. The fourth-order valence-corrected chi connectivity index (χ4v) is 3.55. The van der Waals surface area contributed by atoms with Gasteiger partial charge in [0.15, 0.2) is 11.6 Å². The number of hydrogen-bond acceptors (Lipinski definition) is 4. The molecule has 1 aliphatic heterocycles. The molecule has 1 saturated heterocycles. The molecule has 1 aliphatic rings. The van der Waals surface area contributed by atoms with Gasteiger partial charge in [0.25, 0.3) is 0 Å². The maximum Gasteiger partial charge on any atom is 0.416 e. The minimum absolute atomic E-state index is 0.0893. The maximum absolute atomic E-state index is 13.8. The Labute approximate surface area is 156 Å². The molecule has 0 aliphatic carbocycles. The van der Waals surface area contributed by atoms with Crippen molar-refractivity contribution in [1.82, 2.24) is 9.97 Å². The van der Waals surface area contributed by atoms with Crippen LogP contribution in [-0.4, -0.2) is 27.7 Å². The van der Waals surface area contributed by atoms with Gasteiger partial charge < -0.3 is 10.0 Å². The van der Waals surface area contributed by atoms with E-state index in [0.717, 1.165) is 24.3 Å². The van der Waals surface area contributed by atoms with Gasteiger partial charge in [-0.05, 0) is 30.2 Å². The molecule has 0 radical (unpaired) electrons. The Morgan fingerprint density at radius 3 is 2.54 bits per heavy atom. The normalized spacial score (nSPS) is 20.1. The highest BCUT2D eigenvalue weighted by molar-refractivity contribution is 5.89. The minimum atomic E-state index is -4.50. The number of aromatic nitrogens is 2. The molecule has 4 nitrogen and oxygen atoms in total. The van der Waals surface area contributed by atoms with E-state index in [1.165, 1.54) is 18.5 Å². The molecule has 2 heterocycles. The lowest BCUT2D eigenvalue weighted by Crippen LogP contribution is -2.26. The van der Waals surface area contributed by atoms with Gasteiger partial charge in [-0.15, -0.1) is 0 Å². The Bertz CT molecular complexity index is 1040. The number of fused-ring (bicyclic) bond motifs is 1. The fourth-order valence-electron chi connectivity index (χ4n) is 3.55. The van der Waals surface area contributed by atoms with Crippen molar-refractivity contribution in [2.24, 2.45) is 0 Å². The third-order valence-corrected chi connectivity index (χ3v) is 4.81. The van der Waals surface area contributed by atoms with E-state index in [4.69, 9.17) is 0 Å². The van der Waals surface area contributed by atoms with Gasteiger partial charge in [0.1, 0.15) is 12.1 Å². The standard InChI is InChI=1S/C19H14F5N3O/c20-14-6-13-16(7-15(14)21)25-9-26-18(13)27-8-12(28)5-17(27)10-2-1-3-11(4-10)19(22,23)24/h1-4,6-7,9,12,17,28H,5,8H2/t12-,17+/m0/s1. The Hall–Kier alpha value is -2.81. The molecule has 28 heavy (non-hydrogen) atoms. The monoisotopic (exact) mass is 395 g/mol. The maximum atomic E-state index is 13.8. The van der Waals surface area contributed by atoms with E-state index in [9.17, 15) is 27.1 Å². The second-order valence-electron chi connectivity index (χ2n) is 6.66. The van der Waals surface area contributed by atoms with Gasteiger partial charge in [-0.25, -0.2) is 18.7 Å². The second kappa shape index (κ2) is 6.66. The SMILES string of the molecule is O[C@H]1C[C@H](c2cccc(C(F)(F)F)c2)N(c2ncnc3cc(F)c(F)cc23)C1. The van der Waals surface area contributed by atoms with Crippen LogP contribution in [0.4, 0.5) is 27.8 Å². The van der Waals surface area contributed by atoms with Crippen LogP contribution in [0.15, 0.2) is 42.7 Å². The number of aliphatic hydroxyl groups is 1. The molecule has 2 atom stereocenters. The van der Waals surface area contributed by atoms with E-state index in [0.29, 0.717) is 5.56 Å². The molecule has 146 valence electrons. The molecule has 3 aromatic rings. The van der Waals surface area contributed by atoms with E-state index in [1.807, 2.05) is 0 Å². The Kier molecular flexibility index (Phi) is 4.41. The molecule has 1 aromatic heterocycles. The Balaban J connectivity index is 1.82. The number of halogens is 5. The molecule has 0 spiro atoms. The average Bonchev–Trinajstić information content (AvgIpc) is 3.03. The van der Waals surface area contributed by atoms with Gasteiger partial charge in [-0.3, -0.25) is 0 Å². The largest absolute Gasteiger partial charge is 0.416 e. The zero-order chi connectivity index (χ0) is 20.1. The van der Waals surface area contributed by atoms with Gasteiger partial charge >= 0.3 is 6.18 Å². The molecular formula is C19H14F5N3O. The van der Waals surface area contributed by atoms with E-state index >= 15 is 0 Å². The van der Waals surface area contributed by atoms with Crippen molar-refractivity contribution in [3.8, 4) is 0 Å². The highest BCUT2D eigenvalue weighted by Gasteiger charge is 2.36. The number of alkyl halides is 3. The molecule has 1 N–H and O–H groups in total. The molecule has 0 unspecified atom stereocenters. The van der Waals surface area contributed by atoms with Crippen molar-refractivity contribution in [2.45, 2.75) is 24.7 Å². The summed E-state index contributed by atoms with van der Waals surface area (Å²) in [6, 6.07) is 6.11. The van der Waals surface area contributed by atoms with Crippen LogP contribution in [0.3, 0.4) is 0 Å². The summed E-state index contributed by atoms with van der Waals surface area (Å²) in [4.78, 5) is 9.65. The molecule has 2 aromatic carbocycles. The van der Waals surface area contributed by atoms with Crippen molar-refractivity contribution in [1.29, 1.82) is 0 Å². The predicted molar refractivity (Wildman–Crippen MR) is 91.6 cm³/mol. The topological polar surface area (TPSA) is 49.2 Å².